The molecule has 2 fully saturated rings. The number of hydrogen-bond acceptors (Lipinski definition) is 4. The molecule has 0 aliphatic heterocycles. The van der Waals surface area contributed by atoms with Crippen LogP contribution in [0.25, 0.3) is 0 Å². The van der Waals surface area contributed by atoms with Gasteiger partial charge in [-0.25, -0.2) is 4.39 Å². The molecule has 4 nitrogen and oxygen atoms in total. The van der Waals surface area contributed by atoms with E-state index in [9.17, 15) is 4.39 Å². The Hall–Kier alpha value is -1.75. The first-order chi connectivity index (χ1) is 10.6. The van der Waals surface area contributed by atoms with Gasteiger partial charge in [-0.15, -0.1) is 0 Å². The Morgan fingerprint density at radius 2 is 1.86 bits per heavy atom. The molecule has 0 atom stereocenters. The van der Waals surface area contributed by atoms with Crippen molar-refractivity contribution in [2.75, 3.05) is 0 Å². The Morgan fingerprint density at radius 1 is 1.09 bits per heavy atom. The van der Waals surface area contributed by atoms with Gasteiger partial charge in [0.1, 0.15) is 5.82 Å². The predicted octanol–water partition coefficient (Wildman–Crippen LogP) is 3.41. The lowest BCUT2D eigenvalue weighted by Crippen LogP contribution is -2.44. The maximum Gasteiger partial charge on any atom is 0.237 e. The minimum Gasteiger partial charge on any atom is -0.338 e. The molecule has 0 amide bonds. The van der Waals surface area contributed by atoms with Crippen LogP contribution in [0.5, 0.6) is 0 Å². The number of halogens is 1. The molecule has 22 heavy (non-hydrogen) atoms. The van der Waals surface area contributed by atoms with Gasteiger partial charge in [0.25, 0.3) is 0 Å². The Kier molecular flexibility index (Phi) is 3.08. The van der Waals surface area contributed by atoms with Crippen LogP contribution in [-0.4, -0.2) is 10.1 Å². The molecule has 2 aromatic rings. The van der Waals surface area contributed by atoms with E-state index in [1.807, 2.05) is 6.07 Å². The van der Waals surface area contributed by atoms with E-state index in [1.54, 1.807) is 12.1 Å². The van der Waals surface area contributed by atoms with E-state index in [0.29, 0.717) is 11.7 Å². The summed E-state index contributed by atoms with van der Waals surface area (Å²) < 4.78 is 19.3. The second-order valence-corrected chi connectivity index (χ2v) is 6.73. The highest BCUT2D eigenvalue weighted by atomic mass is 19.1. The highest BCUT2D eigenvalue weighted by Gasteiger charge is 2.45. The van der Waals surface area contributed by atoms with E-state index in [-0.39, 0.29) is 11.2 Å². The summed E-state index contributed by atoms with van der Waals surface area (Å²) in [4.78, 5) is 4.64. The summed E-state index contributed by atoms with van der Waals surface area (Å²) in [6, 6.07) is 6.77. The van der Waals surface area contributed by atoms with E-state index in [4.69, 9.17) is 10.3 Å². The summed E-state index contributed by atoms with van der Waals surface area (Å²) in [5, 5.41) is 4.14. The van der Waals surface area contributed by atoms with Crippen LogP contribution in [0.15, 0.2) is 28.8 Å². The van der Waals surface area contributed by atoms with Crippen molar-refractivity contribution in [3.63, 3.8) is 0 Å². The quantitative estimate of drug-likeness (QED) is 0.943. The Labute approximate surface area is 128 Å². The van der Waals surface area contributed by atoms with Crippen LogP contribution in [-0.2, 0) is 11.0 Å². The van der Waals surface area contributed by atoms with Crippen molar-refractivity contribution in [3.8, 4) is 0 Å². The average molecular weight is 301 g/mol. The second-order valence-electron chi connectivity index (χ2n) is 6.73. The first-order valence-corrected chi connectivity index (χ1v) is 8.02. The lowest BCUT2D eigenvalue weighted by atomic mass is 9.76. The normalized spacial score (nSPS) is 22.5. The SMILES string of the molecule is NC1(c2noc(C3(c4cccc(F)c4)CCCC3)n2)CCC1. The number of nitrogens with zero attached hydrogens (tertiary/aromatic N) is 2. The third-order valence-electron chi connectivity index (χ3n) is 5.36. The molecule has 0 unspecified atom stereocenters. The van der Waals surface area contributed by atoms with Crippen LogP contribution in [0, 0.1) is 5.82 Å². The fraction of sp³-hybridized carbons (Fsp3) is 0.529. The third kappa shape index (κ3) is 1.99. The van der Waals surface area contributed by atoms with Crippen molar-refractivity contribution in [1.29, 1.82) is 0 Å². The first-order valence-electron chi connectivity index (χ1n) is 8.02. The van der Waals surface area contributed by atoms with E-state index < -0.39 is 5.54 Å². The van der Waals surface area contributed by atoms with Gasteiger partial charge in [-0.2, -0.15) is 4.98 Å². The van der Waals surface area contributed by atoms with Crippen molar-refractivity contribution in [1.82, 2.24) is 10.1 Å². The molecule has 2 saturated carbocycles. The first kappa shape index (κ1) is 13.9. The number of aromatic nitrogens is 2. The second kappa shape index (κ2) is 4.88. The molecule has 1 heterocycles. The van der Waals surface area contributed by atoms with Crippen molar-refractivity contribution < 1.29 is 8.91 Å². The number of hydrogen-bond donors (Lipinski definition) is 1. The van der Waals surface area contributed by atoms with E-state index in [2.05, 4.69) is 10.1 Å². The van der Waals surface area contributed by atoms with E-state index >= 15 is 0 Å². The van der Waals surface area contributed by atoms with Gasteiger partial charge in [-0.05, 0) is 49.8 Å². The zero-order chi connectivity index (χ0) is 15.2. The summed E-state index contributed by atoms with van der Waals surface area (Å²) in [5.41, 5.74) is 6.45. The van der Waals surface area contributed by atoms with Crippen LogP contribution < -0.4 is 5.73 Å². The van der Waals surface area contributed by atoms with E-state index in [1.165, 1.54) is 6.07 Å². The summed E-state index contributed by atoms with van der Waals surface area (Å²) in [6.07, 6.45) is 6.91. The lowest BCUT2D eigenvalue weighted by molar-refractivity contribution is 0.227. The zero-order valence-electron chi connectivity index (χ0n) is 12.5. The van der Waals surface area contributed by atoms with Crippen molar-refractivity contribution >= 4 is 0 Å². The average Bonchev–Trinajstić information content (AvgIpc) is 3.14. The summed E-state index contributed by atoms with van der Waals surface area (Å²) in [7, 11) is 0. The largest absolute Gasteiger partial charge is 0.338 e. The van der Waals surface area contributed by atoms with Crippen molar-refractivity contribution in [3.05, 3.63) is 47.4 Å². The molecule has 0 radical (unpaired) electrons. The molecular weight excluding hydrogens is 281 g/mol. The fourth-order valence-corrected chi connectivity index (χ4v) is 3.79. The van der Waals surface area contributed by atoms with Gasteiger partial charge < -0.3 is 10.3 Å². The van der Waals surface area contributed by atoms with Gasteiger partial charge in [0.05, 0.1) is 11.0 Å². The highest BCUT2D eigenvalue weighted by molar-refractivity contribution is 5.34. The third-order valence-corrected chi connectivity index (χ3v) is 5.36. The van der Waals surface area contributed by atoms with Crippen LogP contribution in [0.2, 0.25) is 0 Å². The molecule has 0 spiro atoms. The number of rotatable bonds is 3. The Bertz CT molecular complexity index is 687. The van der Waals surface area contributed by atoms with Gasteiger partial charge in [-0.3, -0.25) is 0 Å². The van der Waals surface area contributed by atoms with E-state index in [0.717, 1.165) is 50.5 Å². The maximum atomic E-state index is 13.7. The molecule has 2 aliphatic carbocycles. The minimum absolute atomic E-state index is 0.224. The lowest BCUT2D eigenvalue weighted by Gasteiger charge is -2.34. The van der Waals surface area contributed by atoms with Crippen molar-refractivity contribution in [2.45, 2.75) is 55.9 Å². The topological polar surface area (TPSA) is 64.9 Å². The summed E-state index contributed by atoms with van der Waals surface area (Å²) in [5.74, 6) is 0.983. The van der Waals surface area contributed by atoms with Crippen molar-refractivity contribution in [2.24, 2.45) is 5.73 Å². The van der Waals surface area contributed by atoms with Gasteiger partial charge in [0, 0.05) is 0 Å². The van der Waals surface area contributed by atoms with Crippen LogP contribution in [0.1, 0.15) is 62.2 Å². The predicted molar refractivity (Wildman–Crippen MR) is 79.7 cm³/mol. The van der Waals surface area contributed by atoms with Gasteiger partial charge in [0.2, 0.25) is 5.89 Å². The molecule has 1 aromatic heterocycles. The molecule has 4 rings (SSSR count). The zero-order valence-corrected chi connectivity index (χ0v) is 12.5. The van der Waals surface area contributed by atoms with Crippen LogP contribution in [0.4, 0.5) is 4.39 Å². The molecule has 2 N–H and O–H groups in total. The number of nitrogens with two attached hydrogens (primary N) is 1. The Morgan fingerprint density at radius 3 is 2.50 bits per heavy atom. The molecule has 5 heteroatoms. The Balaban J connectivity index is 1.76. The smallest absolute Gasteiger partial charge is 0.237 e. The molecule has 1 aromatic carbocycles. The monoisotopic (exact) mass is 301 g/mol. The van der Waals surface area contributed by atoms with Gasteiger partial charge >= 0.3 is 0 Å². The fourth-order valence-electron chi connectivity index (χ4n) is 3.79. The standard InChI is InChI=1S/C17H20FN3O/c18-13-6-3-5-12(11-13)16(7-1-2-8-16)15-20-14(21-22-15)17(19)9-4-10-17/h3,5-6,11H,1-2,4,7-10,19H2. The van der Waals surface area contributed by atoms with Gasteiger partial charge in [0.15, 0.2) is 5.82 Å². The highest BCUT2D eigenvalue weighted by Crippen LogP contribution is 2.47. The summed E-state index contributed by atoms with van der Waals surface area (Å²) in [6.45, 7) is 0. The van der Waals surface area contributed by atoms with Crippen LogP contribution in [0.3, 0.4) is 0 Å². The molecular formula is C17H20FN3O. The molecule has 2 aliphatic rings. The molecule has 0 bridgehead atoms. The maximum absolute atomic E-state index is 13.7. The summed E-state index contributed by atoms with van der Waals surface area (Å²) >= 11 is 0. The van der Waals surface area contributed by atoms with Gasteiger partial charge in [-0.1, -0.05) is 30.1 Å². The molecule has 116 valence electrons. The van der Waals surface area contributed by atoms with Crippen LogP contribution >= 0.6 is 0 Å². The minimum atomic E-state index is -0.427. The number of benzene rings is 1. The molecule has 0 saturated heterocycles.